The summed E-state index contributed by atoms with van der Waals surface area (Å²) in [5.74, 6) is 0.242. The molecule has 1 atom stereocenters. The van der Waals surface area contributed by atoms with Crippen LogP contribution in [0, 0.1) is 20.8 Å². The first-order chi connectivity index (χ1) is 15.3. The molecular formula is C26H35ClN2O3. The van der Waals surface area contributed by atoms with Crippen LogP contribution in [0.5, 0.6) is 5.75 Å². The quantitative estimate of drug-likeness (QED) is 0.460. The molecule has 0 fully saturated rings. The van der Waals surface area contributed by atoms with E-state index in [1.165, 1.54) is 0 Å². The van der Waals surface area contributed by atoms with Crippen LogP contribution in [0.2, 0.25) is 5.02 Å². The van der Waals surface area contributed by atoms with Crippen molar-refractivity contribution in [2.24, 2.45) is 0 Å². The second-order valence-electron chi connectivity index (χ2n) is 8.18. The lowest BCUT2D eigenvalue weighted by atomic mass is 10.1. The minimum Gasteiger partial charge on any atom is -0.484 e. The van der Waals surface area contributed by atoms with Crippen LogP contribution in [0.1, 0.15) is 55.4 Å². The van der Waals surface area contributed by atoms with E-state index in [0.29, 0.717) is 30.3 Å². The molecule has 0 aromatic heterocycles. The molecule has 0 saturated carbocycles. The molecule has 2 aromatic carbocycles. The molecule has 6 heteroatoms. The Kier molecular flexibility index (Phi) is 10.0. The van der Waals surface area contributed by atoms with Crippen molar-refractivity contribution in [1.82, 2.24) is 10.2 Å². The monoisotopic (exact) mass is 458 g/mol. The van der Waals surface area contributed by atoms with Crippen molar-refractivity contribution in [3.05, 3.63) is 63.7 Å². The second kappa shape index (κ2) is 12.5. The van der Waals surface area contributed by atoms with E-state index in [9.17, 15) is 9.59 Å². The average molecular weight is 459 g/mol. The summed E-state index contributed by atoms with van der Waals surface area (Å²) in [4.78, 5) is 27.8. The summed E-state index contributed by atoms with van der Waals surface area (Å²) in [5, 5.41) is 3.67. The Morgan fingerprint density at radius 3 is 2.31 bits per heavy atom. The van der Waals surface area contributed by atoms with Crippen LogP contribution in [-0.2, 0) is 16.1 Å². The standard InChI is InChI=1S/C26H35ClN2O3/c1-6-8-13-28-26(31)23(7-2)29(16-21-12-10-9-11-18(21)3)24(30)17-32-22-14-19(4)25(27)20(5)15-22/h9-12,14-15,23H,6-8,13,16-17H2,1-5H3,(H,28,31)/t23-/m1/s1. The Morgan fingerprint density at radius 1 is 1.06 bits per heavy atom. The Balaban J connectivity index is 2.22. The molecule has 32 heavy (non-hydrogen) atoms. The molecule has 0 aliphatic rings. The van der Waals surface area contributed by atoms with Gasteiger partial charge in [-0.25, -0.2) is 0 Å². The maximum Gasteiger partial charge on any atom is 0.261 e. The van der Waals surface area contributed by atoms with Crippen molar-refractivity contribution in [2.75, 3.05) is 13.2 Å². The SMILES string of the molecule is CCCCNC(=O)[C@@H](CC)N(Cc1ccccc1C)C(=O)COc1cc(C)c(Cl)c(C)c1. The topological polar surface area (TPSA) is 58.6 Å². The van der Waals surface area contributed by atoms with E-state index in [0.717, 1.165) is 35.1 Å². The summed E-state index contributed by atoms with van der Waals surface area (Å²) < 4.78 is 5.82. The van der Waals surface area contributed by atoms with Crippen molar-refractivity contribution < 1.29 is 14.3 Å². The lowest BCUT2D eigenvalue weighted by Gasteiger charge is -2.31. The molecule has 2 rings (SSSR count). The highest BCUT2D eigenvalue weighted by atomic mass is 35.5. The van der Waals surface area contributed by atoms with Gasteiger partial charge in [0.25, 0.3) is 5.91 Å². The molecule has 0 unspecified atom stereocenters. The number of amides is 2. The van der Waals surface area contributed by atoms with Crippen LogP contribution in [-0.4, -0.2) is 35.9 Å². The predicted octanol–water partition coefficient (Wildman–Crippen LogP) is 5.37. The summed E-state index contributed by atoms with van der Waals surface area (Å²) in [6, 6.07) is 11.0. The zero-order valence-electron chi connectivity index (χ0n) is 19.8. The maximum absolute atomic E-state index is 13.3. The van der Waals surface area contributed by atoms with Gasteiger partial charge in [-0.3, -0.25) is 9.59 Å². The first-order valence-electron chi connectivity index (χ1n) is 11.3. The van der Waals surface area contributed by atoms with Crippen molar-refractivity contribution in [2.45, 2.75) is 66.5 Å². The van der Waals surface area contributed by atoms with Gasteiger partial charge in [-0.15, -0.1) is 0 Å². The molecule has 0 bridgehead atoms. The molecule has 0 radical (unpaired) electrons. The minimum absolute atomic E-state index is 0.124. The predicted molar refractivity (Wildman–Crippen MR) is 130 cm³/mol. The maximum atomic E-state index is 13.3. The number of hydrogen-bond acceptors (Lipinski definition) is 3. The number of carbonyl (C=O) groups is 2. The Hall–Kier alpha value is -2.53. The molecule has 2 aromatic rings. The number of ether oxygens (including phenoxy) is 1. The number of nitrogens with zero attached hydrogens (tertiary/aromatic N) is 1. The van der Waals surface area contributed by atoms with Crippen LogP contribution >= 0.6 is 11.6 Å². The van der Waals surface area contributed by atoms with E-state index < -0.39 is 6.04 Å². The Morgan fingerprint density at radius 2 is 1.72 bits per heavy atom. The normalized spacial score (nSPS) is 11.7. The van der Waals surface area contributed by atoms with Crippen LogP contribution in [0.15, 0.2) is 36.4 Å². The van der Waals surface area contributed by atoms with E-state index in [1.54, 1.807) is 4.90 Å². The third-order valence-electron chi connectivity index (χ3n) is 5.59. The Bertz CT molecular complexity index is 906. The smallest absolute Gasteiger partial charge is 0.261 e. The van der Waals surface area contributed by atoms with Gasteiger partial charge in [-0.05, 0) is 68.0 Å². The number of halogens is 1. The largest absolute Gasteiger partial charge is 0.484 e. The van der Waals surface area contributed by atoms with Crippen molar-refractivity contribution in [1.29, 1.82) is 0 Å². The molecule has 0 aliphatic carbocycles. The van der Waals surface area contributed by atoms with E-state index in [2.05, 4.69) is 12.2 Å². The van der Waals surface area contributed by atoms with Gasteiger partial charge >= 0.3 is 0 Å². The highest BCUT2D eigenvalue weighted by molar-refractivity contribution is 6.32. The number of carbonyl (C=O) groups excluding carboxylic acids is 2. The van der Waals surface area contributed by atoms with E-state index in [1.807, 2.05) is 64.1 Å². The number of rotatable bonds is 11. The molecule has 0 aliphatic heterocycles. The van der Waals surface area contributed by atoms with Gasteiger partial charge in [0.15, 0.2) is 6.61 Å². The van der Waals surface area contributed by atoms with Crippen LogP contribution < -0.4 is 10.1 Å². The van der Waals surface area contributed by atoms with E-state index >= 15 is 0 Å². The van der Waals surface area contributed by atoms with Gasteiger partial charge in [0.05, 0.1) is 0 Å². The zero-order valence-corrected chi connectivity index (χ0v) is 20.6. The van der Waals surface area contributed by atoms with Crippen molar-refractivity contribution in [3.8, 4) is 5.75 Å². The third kappa shape index (κ3) is 6.99. The van der Waals surface area contributed by atoms with Gasteiger partial charge in [0.1, 0.15) is 11.8 Å². The molecule has 0 spiro atoms. The van der Waals surface area contributed by atoms with Crippen molar-refractivity contribution >= 4 is 23.4 Å². The lowest BCUT2D eigenvalue weighted by molar-refractivity contribution is -0.143. The number of aryl methyl sites for hydroxylation is 3. The number of benzene rings is 2. The summed E-state index contributed by atoms with van der Waals surface area (Å²) in [6.07, 6.45) is 2.43. The molecule has 1 N–H and O–H groups in total. The van der Waals surface area contributed by atoms with Crippen molar-refractivity contribution in [3.63, 3.8) is 0 Å². The molecule has 5 nitrogen and oxygen atoms in total. The third-order valence-corrected chi connectivity index (χ3v) is 6.19. The summed E-state index contributed by atoms with van der Waals surface area (Å²) >= 11 is 6.24. The van der Waals surface area contributed by atoms with Gasteiger partial charge in [-0.2, -0.15) is 0 Å². The fourth-order valence-corrected chi connectivity index (χ4v) is 3.72. The Labute approximate surface area is 197 Å². The fraction of sp³-hybridized carbons (Fsp3) is 0.462. The molecule has 0 saturated heterocycles. The zero-order chi connectivity index (χ0) is 23.7. The van der Waals surface area contributed by atoms with Crippen LogP contribution in [0.25, 0.3) is 0 Å². The van der Waals surface area contributed by atoms with Gasteiger partial charge in [0.2, 0.25) is 5.91 Å². The summed E-state index contributed by atoms with van der Waals surface area (Å²) in [6.45, 7) is 10.6. The minimum atomic E-state index is -0.559. The van der Waals surface area contributed by atoms with Crippen LogP contribution in [0.4, 0.5) is 0 Å². The van der Waals surface area contributed by atoms with Gasteiger partial charge < -0.3 is 15.0 Å². The highest BCUT2D eigenvalue weighted by Gasteiger charge is 2.29. The lowest BCUT2D eigenvalue weighted by Crippen LogP contribution is -2.50. The number of unbranched alkanes of at least 4 members (excludes halogenated alkanes) is 1. The van der Waals surface area contributed by atoms with E-state index in [4.69, 9.17) is 16.3 Å². The first kappa shape index (κ1) is 25.7. The summed E-state index contributed by atoms with van der Waals surface area (Å²) in [5.41, 5.74) is 3.88. The van der Waals surface area contributed by atoms with Crippen LogP contribution in [0.3, 0.4) is 0 Å². The fourth-order valence-electron chi connectivity index (χ4n) is 3.61. The first-order valence-corrected chi connectivity index (χ1v) is 11.7. The number of nitrogens with one attached hydrogen (secondary N) is 1. The molecule has 2 amide bonds. The van der Waals surface area contributed by atoms with Gasteiger partial charge in [0, 0.05) is 18.1 Å². The number of hydrogen-bond donors (Lipinski definition) is 1. The molecule has 0 heterocycles. The molecule has 174 valence electrons. The summed E-state index contributed by atoms with van der Waals surface area (Å²) in [7, 11) is 0. The van der Waals surface area contributed by atoms with E-state index in [-0.39, 0.29) is 18.4 Å². The highest BCUT2D eigenvalue weighted by Crippen LogP contribution is 2.26. The second-order valence-corrected chi connectivity index (χ2v) is 8.55. The van der Waals surface area contributed by atoms with Gasteiger partial charge in [-0.1, -0.05) is 56.1 Å². The average Bonchev–Trinajstić information content (AvgIpc) is 2.77. The molecular weight excluding hydrogens is 424 g/mol.